The zero-order valence-corrected chi connectivity index (χ0v) is 38.5. The van der Waals surface area contributed by atoms with Crippen molar-refractivity contribution in [2.24, 2.45) is 0 Å². The maximum absolute atomic E-state index is 11.4. The first kappa shape index (κ1) is 47.4. The molecule has 0 aliphatic carbocycles. The summed E-state index contributed by atoms with van der Waals surface area (Å²) in [5.74, 6) is -0.505. The number of rotatable bonds is 23. The van der Waals surface area contributed by atoms with Crippen LogP contribution in [0.4, 0.5) is 0 Å². The fourth-order valence-corrected chi connectivity index (χ4v) is 31.6. The quantitative estimate of drug-likeness (QED) is 0.0481. The Labute approximate surface area is 286 Å². The largest absolute Gasteiger partial charge is 0.459 e. The van der Waals surface area contributed by atoms with Crippen molar-refractivity contribution in [2.45, 2.75) is 162 Å². The van der Waals surface area contributed by atoms with E-state index in [1.807, 2.05) is 0 Å². The van der Waals surface area contributed by atoms with Gasteiger partial charge in [-0.3, -0.25) is 0 Å². The van der Waals surface area contributed by atoms with Crippen molar-refractivity contribution in [3.05, 3.63) is 12.2 Å². The molecule has 0 saturated heterocycles. The molecule has 0 fully saturated rings. The zero-order chi connectivity index (χ0) is 35.8. The van der Waals surface area contributed by atoms with Gasteiger partial charge in [0.25, 0.3) is 0 Å². The number of hydrogen-bond acceptors (Lipinski definition) is 8. The van der Waals surface area contributed by atoms with E-state index in [0.717, 1.165) is 12.5 Å². The predicted molar refractivity (Wildman–Crippen MR) is 207 cm³/mol. The molecule has 0 spiro atoms. The second kappa shape index (κ2) is 21.4. The molecule has 0 bridgehead atoms. The Balaban J connectivity index is 0. The van der Waals surface area contributed by atoms with Gasteiger partial charge in [-0.25, -0.2) is 4.79 Å². The van der Waals surface area contributed by atoms with Gasteiger partial charge in [0.15, 0.2) is 34.0 Å². The van der Waals surface area contributed by atoms with E-state index in [2.05, 4.69) is 99.0 Å². The van der Waals surface area contributed by atoms with Crippen molar-refractivity contribution in [2.75, 3.05) is 19.8 Å². The molecule has 0 aliphatic rings. The van der Waals surface area contributed by atoms with Crippen LogP contribution < -0.4 is 0 Å². The van der Waals surface area contributed by atoms with Crippen molar-refractivity contribution >= 4 is 57.1 Å². The minimum Gasteiger partial charge on any atom is -0.459 e. The maximum Gasteiger partial charge on any atom is 0.333 e. The number of unbranched alkanes of at least 4 members (excludes halogenated alkanes) is 2. The first-order valence-corrected chi connectivity index (χ1v) is 34.9. The topological polar surface area (TPSA) is 92.7 Å². The van der Waals surface area contributed by atoms with Crippen LogP contribution in [-0.4, -0.2) is 87.6 Å². The van der Waals surface area contributed by atoms with E-state index < -0.39 is 62.7 Å². The number of carbonyl (C=O) groups excluding carboxylic acids is 1. The highest BCUT2D eigenvalue weighted by molar-refractivity contribution is 6.88. The molecule has 0 heterocycles. The third kappa shape index (κ3) is 27.9. The third-order valence-electron chi connectivity index (χ3n) is 6.69. The minimum absolute atomic E-state index is 0.111. The van der Waals surface area contributed by atoms with Crippen molar-refractivity contribution in [1.82, 2.24) is 0 Å². The van der Waals surface area contributed by atoms with Gasteiger partial charge in [0, 0.05) is 12.2 Å². The summed E-state index contributed by atoms with van der Waals surface area (Å²) in [6.45, 7) is 38.6. The number of esters is 1. The lowest BCUT2D eigenvalue weighted by Crippen LogP contribution is -2.52. The normalized spacial score (nSPS) is 14.5. The van der Waals surface area contributed by atoms with Crippen LogP contribution in [0.2, 0.25) is 96.7 Å². The third-order valence-corrected chi connectivity index (χ3v) is 28.1. The Hall–Kier alpha value is 0.271. The first-order valence-electron chi connectivity index (χ1n) is 17.1. The summed E-state index contributed by atoms with van der Waals surface area (Å²) in [6.07, 6.45) is 5.84. The average Bonchev–Trinajstić information content (AvgIpc) is 2.81. The van der Waals surface area contributed by atoms with Crippen LogP contribution in [-0.2, 0) is 30.7 Å². The summed E-state index contributed by atoms with van der Waals surface area (Å²) in [6, 6.07) is 3.42. The zero-order valence-electron chi connectivity index (χ0n) is 32.4. The van der Waals surface area contributed by atoms with E-state index in [-0.39, 0.29) is 13.2 Å². The Bertz CT molecular complexity index is 848. The van der Waals surface area contributed by atoms with E-state index in [1.54, 1.807) is 13.8 Å². The molecule has 270 valence electrons. The van der Waals surface area contributed by atoms with E-state index >= 15 is 0 Å². The van der Waals surface area contributed by atoms with E-state index in [4.69, 9.17) is 25.9 Å². The molecule has 0 radical (unpaired) electrons. The smallest absolute Gasteiger partial charge is 0.333 e. The number of ether oxygens (including phenoxy) is 2. The van der Waals surface area contributed by atoms with Crippen molar-refractivity contribution in [3.8, 4) is 0 Å². The van der Waals surface area contributed by atoms with Gasteiger partial charge in [0.1, 0.15) is 12.2 Å². The molecule has 0 aromatic heterocycles. The number of hydrogen-bond donors (Lipinski definition) is 1. The maximum atomic E-state index is 11.4. The van der Waals surface area contributed by atoms with Gasteiger partial charge >= 0.3 is 23.1 Å². The van der Waals surface area contributed by atoms with Crippen molar-refractivity contribution in [1.29, 1.82) is 0 Å². The van der Waals surface area contributed by atoms with Crippen molar-refractivity contribution in [3.63, 3.8) is 0 Å². The van der Waals surface area contributed by atoms with Crippen molar-refractivity contribution < 1.29 is 35.8 Å². The summed E-state index contributed by atoms with van der Waals surface area (Å²) in [4.78, 5) is 11.4. The molecule has 45 heavy (non-hydrogen) atoms. The van der Waals surface area contributed by atoms with Gasteiger partial charge in [0.2, 0.25) is 0 Å². The van der Waals surface area contributed by atoms with Gasteiger partial charge in [0.05, 0.1) is 6.61 Å². The molecule has 0 rings (SSSR count). The lowest BCUT2D eigenvalue weighted by molar-refractivity contribution is -0.149. The Morgan fingerprint density at radius 1 is 0.733 bits per heavy atom. The number of carbonyl (C=O) groups is 1. The Morgan fingerprint density at radius 3 is 1.51 bits per heavy atom. The van der Waals surface area contributed by atoms with Gasteiger partial charge in [-0.15, -0.1) is 0 Å². The predicted octanol–water partition coefficient (Wildman–Crippen LogP) is 8.92. The molecule has 0 aromatic carbocycles. The highest BCUT2D eigenvalue weighted by Crippen LogP contribution is 2.26. The SMILES string of the molecule is C=C(C)C(=O)OCC(C)(O)COCCC[Si](C)(C)O[Si](C)(C)O[Si](C)(C)CCCC.CCCC[Si](C)(C)O[Si](C)(C)O[SiH](C)C. The summed E-state index contributed by atoms with van der Waals surface area (Å²) in [5, 5.41) is 10.3. The van der Waals surface area contributed by atoms with Crippen LogP contribution in [0.15, 0.2) is 12.2 Å². The molecule has 0 aromatic rings. The van der Waals surface area contributed by atoms with Crippen LogP contribution in [0.25, 0.3) is 0 Å². The van der Waals surface area contributed by atoms with E-state index in [0.29, 0.717) is 12.2 Å². The lowest BCUT2D eigenvalue weighted by atomic mass is 10.1. The highest BCUT2D eigenvalue weighted by Gasteiger charge is 2.39. The van der Waals surface area contributed by atoms with Crippen LogP contribution in [0.3, 0.4) is 0 Å². The molecular formula is C31H74O8Si6. The van der Waals surface area contributed by atoms with Gasteiger partial charge in [-0.05, 0) is 117 Å². The second-order valence-corrected chi connectivity index (χ2v) is 38.9. The molecule has 8 nitrogen and oxygen atoms in total. The van der Waals surface area contributed by atoms with Crippen LogP contribution in [0.1, 0.15) is 59.8 Å². The molecule has 1 unspecified atom stereocenters. The average molecular weight is 743 g/mol. The van der Waals surface area contributed by atoms with E-state index in [9.17, 15) is 9.90 Å². The Kier molecular flexibility index (Phi) is 22.5. The molecule has 0 saturated carbocycles. The molecular weight excluding hydrogens is 669 g/mol. The molecule has 14 heteroatoms. The molecule has 0 aliphatic heterocycles. The molecule has 0 amide bonds. The molecule has 1 atom stereocenters. The van der Waals surface area contributed by atoms with Crippen LogP contribution in [0, 0.1) is 0 Å². The second-order valence-electron chi connectivity index (χ2n) is 15.8. The van der Waals surface area contributed by atoms with Gasteiger partial charge in [-0.2, -0.15) is 0 Å². The minimum atomic E-state index is -2.17. The lowest BCUT2D eigenvalue weighted by Gasteiger charge is -2.38. The van der Waals surface area contributed by atoms with Crippen LogP contribution in [0.5, 0.6) is 0 Å². The highest BCUT2D eigenvalue weighted by atomic mass is 28.5. The van der Waals surface area contributed by atoms with Crippen LogP contribution >= 0.6 is 0 Å². The summed E-state index contributed by atoms with van der Waals surface area (Å²) in [7, 11) is -9.97. The Morgan fingerprint density at radius 2 is 1.13 bits per heavy atom. The first-order chi connectivity index (χ1) is 20.2. The monoisotopic (exact) mass is 742 g/mol. The fourth-order valence-electron chi connectivity index (χ4n) is 5.24. The fraction of sp³-hybridized carbons (Fsp3) is 0.903. The standard InChI is InChI=1S/C21H46O6Si3.C10H28O2Si3/c1-11-12-15-28(5,6)26-30(9,10)27-29(7,8)16-13-14-24-17-21(4,23)18-25-20(22)19(2)3;1-8-9-10-14(4,5)12-15(6,7)11-13(2)3/h23H,2,11-18H2,1,3-10H3;13H,8-10H2,1-7H3. The summed E-state index contributed by atoms with van der Waals surface area (Å²) < 4.78 is 36.2. The molecule has 1 N–H and O–H groups in total. The van der Waals surface area contributed by atoms with Gasteiger partial charge < -0.3 is 31.0 Å². The summed E-state index contributed by atoms with van der Waals surface area (Å²) in [5.41, 5.74) is -0.905. The van der Waals surface area contributed by atoms with Gasteiger partial charge in [-0.1, -0.05) is 46.1 Å². The summed E-state index contributed by atoms with van der Waals surface area (Å²) >= 11 is 0. The number of aliphatic hydroxyl groups is 1. The van der Waals surface area contributed by atoms with E-state index in [1.165, 1.54) is 37.8 Å².